The van der Waals surface area contributed by atoms with Crippen molar-refractivity contribution in [1.29, 1.82) is 0 Å². The van der Waals surface area contributed by atoms with Crippen LogP contribution in [-0.2, 0) is 11.2 Å². The summed E-state index contributed by atoms with van der Waals surface area (Å²) in [5.41, 5.74) is 2.33. The largest absolute Gasteiger partial charge is 0.493 e. The summed E-state index contributed by atoms with van der Waals surface area (Å²) in [5, 5.41) is 6.16. The standard InChI is InChI=1S/C19H17ClN2O3S/c1-24-16-8-3-12(9-17(16)25-2)19-22-15(11-26-19)10-18(23)21-14-6-4-13(20)5-7-14/h3-9,11H,10H2,1-2H3,(H,21,23). The summed E-state index contributed by atoms with van der Waals surface area (Å²) >= 11 is 7.32. The zero-order valence-electron chi connectivity index (χ0n) is 14.3. The van der Waals surface area contributed by atoms with Crippen LogP contribution in [0.2, 0.25) is 5.02 Å². The summed E-state index contributed by atoms with van der Waals surface area (Å²) in [6.45, 7) is 0. The number of benzene rings is 2. The molecule has 0 atom stereocenters. The van der Waals surface area contributed by atoms with Crippen molar-refractivity contribution in [3.8, 4) is 22.1 Å². The van der Waals surface area contributed by atoms with Gasteiger partial charge in [0.25, 0.3) is 0 Å². The SMILES string of the molecule is COc1ccc(-c2nc(CC(=O)Nc3ccc(Cl)cc3)cs2)cc1OC. The summed E-state index contributed by atoms with van der Waals surface area (Å²) in [6.07, 6.45) is 0.201. The van der Waals surface area contributed by atoms with Crippen molar-refractivity contribution in [3.05, 3.63) is 58.6 Å². The van der Waals surface area contributed by atoms with Crippen LogP contribution in [0.1, 0.15) is 5.69 Å². The van der Waals surface area contributed by atoms with Crippen LogP contribution in [0.4, 0.5) is 5.69 Å². The first kappa shape index (κ1) is 18.2. The van der Waals surface area contributed by atoms with Crippen LogP contribution in [0, 0.1) is 0 Å². The predicted octanol–water partition coefficient (Wildman–Crippen LogP) is 4.66. The fourth-order valence-electron chi connectivity index (χ4n) is 2.39. The molecule has 0 spiro atoms. The smallest absolute Gasteiger partial charge is 0.230 e. The molecule has 3 rings (SSSR count). The lowest BCUT2D eigenvalue weighted by Crippen LogP contribution is -2.14. The van der Waals surface area contributed by atoms with Gasteiger partial charge in [-0.25, -0.2) is 4.98 Å². The average molecular weight is 389 g/mol. The van der Waals surface area contributed by atoms with Gasteiger partial charge in [0.05, 0.1) is 26.3 Å². The molecule has 0 bridgehead atoms. The van der Waals surface area contributed by atoms with Gasteiger partial charge in [0.15, 0.2) is 11.5 Å². The van der Waals surface area contributed by atoms with Crippen LogP contribution in [0.15, 0.2) is 47.8 Å². The highest BCUT2D eigenvalue weighted by Gasteiger charge is 2.12. The van der Waals surface area contributed by atoms with Gasteiger partial charge < -0.3 is 14.8 Å². The number of carbonyl (C=O) groups excluding carboxylic acids is 1. The number of nitrogens with one attached hydrogen (secondary N) is 1. The van der Waals surface area contributed by atoms with E-state index < -0.39 is 0 Å². The Morgan fingerprint density at radius 1 is 1.12 bits per heavy atom. The third kappa shape index (κ3) is 4.33. The first-order valence-electron chi connectivity index (χ1n) is 7.81. The van der Waals surface area contributed by atoms with Crippen molar-refractivity contribution in [3.63, 3.8) is 0 Å². The van der Waals surface area contributed by atoms with E-state index in [1.807, 2.05) is 23.6 Å². The Labute approximate surface area is 160 Å². The van der Waals surface area contributed by atoms with Gasteiger partial charge in [-0.2, -0.15) is 0 Å². The molecule has 0 unspecified atom stereocenters. The first-order valence-corrected chi connectivity index (χ1v) is 9.07. The van der Waals surface area contributed by atoms with Crippen LogP contribution >= 0.6 is 22.9 Å². The molecule has 1 heterocycles. The number of nitrogens with zero attached hydrogens (tertiary/aromatic N) is 1. The molecule has 3 aromatic rings. The van der Waals surface area contributed by atoms with Gasteiger partial charge in [-0.15, -0.1) is 11.3 Å². The molecule has 0 aliphatic carbocycles. The fraction of sp³-hybridized carbons (Fsp3) is 0.158. The number of ether oxygens (including phenoxy) is 2. The van der Waals surface area contributed by atoms with Gasteiger partial charge in [0, 0.05) is 21.7 Å². The van der Waals surface area contributed by atoms with Crippen molar-refractivity contribution in [2.75, 3.05) is 19.5 Å². The van der Waals surface area contributed by atoms with E-state index in [1.54, 1.807) is 38.5 Å². The molecule has 7 heteroatoms. The third-order valence-corrected chi connectivity index (χ3v) is 4.84. The van der Waals surface area contributed by atoms with E-state index in [9.17, 15) is 4.79 Å². The van der Waals surface area contributed by atoms with Gasteiger partial charge >= 0.3 is 0 Å². The van der Waals surface area contributed by atoms with Crippen LogP contribution in [-0.4, -0.2) is 25.1 Å². The number of amides is 1. The van der Waals surface area contributed by atoms with E-state index in [-0.39, 0.29) is 12.3 Å². The van der Waals surface area contributed by atoms with Gasteiger partial charge in [0.2, 0.25) is 5.91 Å². The maximum absolute atomic E-state index is 12.2. The van der Waals surface area contributed by atoms with Gasteiger partial charge in [0.1, 0.15) is 5.01 Å². The van der Waals surface area contributed by atoms with Gasteiger partial charge in [-0.05, 0) is 42.5 Å². The molecule has 1 aromatic heterocycles. The highest BCUT2D eigenvalue weighted by Crippen LogP contribution is 2.33. The first-order chi connectivity index (χ1) is 12.6. The highest BCUT2D eigenvalue weighted by molar-refractivity contribution is 7.13. The highest BCUT2D eigenvalue weighted by atomic mass is 35.5. The molecular formula is C19H17ClN2O3S. The van der Waals surface area contributed by atoms with E-state index in [4.69, 9.17) is 21.1 Å². The number of halogens is 1. The molecule has 1 amide bonds. The van der Waals surface area contributed by atoms with Crippen molar-refractivity contribution >= 4 is 34.5 Å². The van der Waals surface area contributed by atoms with Gasteiger partial charge in [-0.1, -0.05) is 11.6 Å². The molecule has 0 saturated carbocycles. The topological polar surface area (TPSA) is 60.5 Å². The fourth-order valence-corrected chi connectivity index (χ4v) is 3.34. The van der Waals surface area contributed by atoms with Crippen LogP contribution in [0.25, 0.3) is 10.6 Å². The molecule has 1 N–H and O–H groups in total. The minimum absolute atomic E-state index is 0.128. The lowest BCUT2D eigenvalue weighted by Gasteiger charge is -2.08. The Bertz CT molecular complexity index is 909. The predicted molar refractivity (Wildman–Crippen MR) is 104 cm³/mol. The maximum atomic E-state index is 12.2. The second-order valence-electron chi connectivity index (χ2n) is 5.45. The lowest BCUT2D eigenvalue weighted by molar-refractivity contribution is -0.115. The normalized spacial score (nSPS) is 10.4. The Balaban J connectivity index is 1.69. The number of hydrogen-bond acceptors (Lipinski definition) is 5. The molecule has 0 aliphatic heterocycles. The number of rotatable bonds is 6. The van der Waals surface area contributed by atoms with Gasteiger partial charge in [-0.3, -0.25) is 4.79 Å². The molecule has 5 nitrogen and oxygen atoms in total. The Kier molecular flexibility index (Phi) is 5.75. The summed E-state index contributed by atoms with van der Waals surface area (Å²) in [7, 11) is 3.19. The second kappa shape index (κ2) is 8.21. The molecular weight excluding hydrogens is 372 g/mol. The number of carbonyl (C=O) groups is 1. The average Bonchev–Trinajstić information content (AvgIpc) is 3.11. The number of thiazole rings is 1. The minimum atomic E-state index is -0.128. The molecule has 134 valence electrons. The lowest BCUT2D eigenvalue weighted by atomic mass is 10.2. The van der Waals surface area contributed by atoms with Crippen LogP contribution in [0.5, 0.6) is 11.5 Å². The maximum Gasteiger partial charge on any atom is 0.230 e. The van der Waals surface area contributed by atoms with Crippen molar-refractivity contribution in [2.24, 2.45) is 0 Å². The number of aromatic nitrogens is 1. The van der Waals surface area contributed by atoms with E-state index in [1.165, 1.54) is 11.3 Å². The Hall–Kier alpha value is -2.57. The second-order valence-corrected chi connectivity index (χ2v) is 6.74. The monoisotopic (exact) mass is 388 g/mol. The van der Waals surface area contributed by atoms with Crippen LogP contribution in [0.3, 0.4) is 0 Å². The van der Waals surface area contributed by atoms with E-state index in [0.717, 1.165) is 10.6 Å². The van der Waals surface area contributed by atoms with Crippen LogP contribution < -0.4 is 14.8 Å². The quantitative estimate of drug-likeness (QED) is 0.667. The Morgan fingerprint density at radius 3 is 2.54 bits per heavy atom. The van der Waals surface area contributed by atoms with E-state index in [0.29, 0.717) is 27.9 Å². The molecule has 0 aliphatic rings. The minimum Gasteiger partial charge on any atom is -0.493 e. The molecule has 2 aromatic carbocycles. The summed E-state index contributed by atoms with van der Waals surface area (Å²) in [5.74, 6) is 1.18. The number of anilines is 1. The van der Waals surface area contributed by atoms with E-state index >= 15 is 0 Å². The molecule has 0 radical (unpaired) electrons. The molecule has 26 heavy (non-hydrogen) atoms. The summed E-state index contributed by atoms with van der Waals surface area (Å²) < 4.78 is 10.6. The van der Waals surface area contributed by atoms with Crippen molar-refractivity contribution < 1.29 is 14.3 Å². The van der Waals surface area contributed by atoms with E-state index in [2.05, 4.69) is 10.3 Å². The Morgan fingerprint density at radius 2 is 1.85 bits per heavy atom. The molecule has 0 fully saturated rings. The number of methoxy groups -OCH3 is 2. The zero-order chi connectivity index (χ0) is 18.5. The van der Waals surface area contributed by atoms with Crippen molar-refractivity contribution in [1.82, 2.24) is 4.98 Å². The molecule has 0 saturated heterocycles. The third-order valence-electron chi connectivity index (χ3n) is 3.65. The summed E-state index contributed by atoms with van der Waals surface area (Å²) in [4.78, 5) is 16.7. The van der Waals surface area contributed by atoms with Crippen molar-refractivity contribution in [2.45, 2.75) is 6.42 Å². The number of hydrogen-bond donors (Lipinski definition) is 1. The zero-order valence-corrected chi connectivity index (χ0v) is 15.9. The summed E-state index contributed by atoms with van der Waals surface area (Å²) in [6, 6.07) is 12.6.